The van der Waals surface area contributed by atoms with E-state index in [2.05, 4.69) is 5.32 Å². The minimum Gasteiger partial charge on any atom is -0.493 e. The molecule has 0 aliphatic heterocycles. The summed E-state index contributed by atoms with van der Waals surface area (Å²) in [5.41, 5.74) is 2.00. The van der Waals surface area contributed by atoms with Crippen molar-refractivity contribution in [1.82, 2.24) is 5.32 Å². The van der Waals surface area contributed by atoms with Crippen LogP contribution in [0.5, 0.6) is 11.5 Å². The molecule has 2 fully saturated rings. The number of carbonyl (C=O) groups excluding carboxylic acids is 1. The van der Waals surface area contributed by atoms with Gasteiger partial charge in [-0.25, -0.2) is 4.39 Å². The highest BCUT2D eigenvalue weighted by atomic mass is 19.1. The Morgan fingerprint density at radius 2 is 1.83 bits per heavy atom. The highest BCUT2D eigenvalue weighted by Crippen LogP contribution is 2.47. The second-order valence-corrected chi connectivity index (χ2v) is 8.17. The molecule has 2 aromatic rings. The van der Waals surface area contributed by atoms with Crippen LogP contribution in [0.3, 0.4) is 0 Å². The summed E-state index contributed by atoms with van der Waals surface area (Å²) in [7, 11) is 1.64. The molecule has 29 heavy (non-hydrogen) atoms. The average Bonchev–Trinajstić information content (AvgIpc) is 3.37. The lowest BCUT2D eigenvalue weighted by Crippen LogP contribution is -2.28. The Kier molecular flexibility index (Phi) is 5.74. The number of hydrogen-bond donors (Lipinski definition) is 1. The molecule has 5 heteroatoms. The molecule has 154 valence electrons. The monoisotopic (exact) mass is 397 g/mol. The number of benzene rings is 2. The van der Waals surface area contributed by atoms with Crippen LogP contribution in [0.1, 0.15) is 62.1 Å². The molecule has 1 N–H and O–H groups in total. The molecule has 3 atom stereocenters. The van der Waals surface area contributed by atoms with Crippen LogP contribution in [-0.4, -0.2) is 19.1 Å². The summed E-state index contributed by atoms with van der Waals surface area (Å²) < 4.78 is 24.7. The van der Waals surface area contributed by atoms with Gasteiger partial charge >= 0.3 is 0 Å². The van der Waals surface area contributed by atoms with E-state index in [4.69, 9.17) is 9.47 Å². The van der Waals surface area contributed by atoms with Gasteiger partial charge in [0.1, 0.15) is 5.82 Å². The number of ether oxygens (including phenoxy) is 2. The number of nitrogens with one attached hydrogen (secondary N) is 1. The fraction of sp³-hybridized carbons (Fsp3) is 0.458. The molecule has 0 radical (unpaired) electrons. The first-order valence-electron chi connectivity index (χ1n) is 10.5. The standard InChI is InChI=1S/C24H28FNO3/c1-15(26-24(27)21-14-20(21)16-7-10-18(25)11-8-16)17-9-12-22(23(13-17)28-2)29-19-5-3-4-6-19/h7-13,15,19-21H,3-6,14H2,1-2H3,(H,26,27). The number of rotatable bonds is 7. The van der Waals surface area contributed by atoms with Crippen LogP contribution in [0.4, 0.5) is 4.39 Å². The van der Waals surface area contributed by atoms with Gasteiger partial charge in [-0.05, 0) is 80.3 Å². The lowest BCUT2D eigenvalue weighted by molar-refractivity contribution is -0.123. The zero-order chi connectivity index (χ0) is 20.4. The quantitative estimate of drug-likeness (QED) is 0.704. The Labute approximate surface area is 171 Å². The normalized spacial score (nSPS) is 22.2. The molecule has 1 amide bonds. The topological polar surface area (TPSA) is 47.6 Å². The van der Waals surface area contributed by atoms with Crippen LogP contribution in [0.15, 0.2) is 42.5 Å². The van der Waals surface area contributed by atoms with Gasteiger partial charge in [-0.15, -0.1) is 0 Å². The van der Waals surface area contributed by atoms with Crippen molar-refractivity contribution < 1.29 is 18.7 Å². The maximum Gasteiger partial charge on any atom is 0.224 e. The van der Waals surface area contributed by atoms with Crippen LogP contribution < -0.4 is 14.8 Å². The van der Waals surface area contributed by atoms with Crippen LogP contribution in [0.2, 0.25) is 0 Å². The molecule has 0 heterocycles. The fourth-order valence-electron chi connectivity index (χ4n) is 4.20. The molecule has 2 saturated carbocycles. The Hall–Kier alpha value is -2.56. The molecule has 0 spiro atoms. The Balaban J connectivity index is 1.37. The van der Waals surface area contributed by atoms with Crippen LogP contribution >= 0.6 is 0 Å². The molecule has 0 aromatic heterocycles. The molecular formula is C24H28FNO3. The zero-order valence-corrected chi connectivity index (χ0v) is 17.0. The fourth-order valence-corrected chi connectivity index (χ4v) is 4.20. The van der Waals surface area contributed by atoms with E-state index in [9.17, 15) is 9.18 Å². The molecule has 4 nitrogen and oxygen atoms in total. The summed E-state index contributed by atoms with van der Waals surface area (Å²) in [4.78, 5) is 12.7. The van der Waals surface area contributed by atoms with Gasteiger partial charge in [-0.1, -0.05) is 18.2 Å². The van der Waals surface area contributed by atoms with E-state index in [0.29, 0.717) is 5.75 Å². The van der Waals surface area contributed by atoms with Crippen molar-refractivity contribution in [2.75, 3.05) is 7.11 Å². The van der Waals surface area contributed by atoms with Gasteiger partial charge in [0.2, 0.25) is 5.91 Å². The highest BCUT2D eigenvalue weighted by Gasteiger charge is 2.44. The third kappa shape index (κ3) is 4.55. The van der Waals surface area contributed by atoms with E-state index >= 15 is 0 Å². The van der Waals surface area contributed by atoms with E-state index < -0.39 is 0 Å². The van der Waals surface area contributed by atoms with Gasteiger partial charge < -0.3 is 14.8 Å². The number of hydrogen-bond acceptors (Lipinski definition) is 3. The Bertz CT molecular complexity index is 861. The van der Waals surface area contributed by atoms with E-state index in [0.717, 1.165) is 36.1 Å². The van der Waals surface area contributed by atoms with E-state index in [-0.39, 0.29) is 35.7 Å². The second-order valence-electron chi connectivity index (χ2n) is 8.17. The van der Waals surface area contributed by atoms with E-state index in [1.165, 1.54) is 25.0 Å². The molecule has 0 saturated heterocycles. The van der Waals surface area contributed by atoms with Gasteiger partial charge in [-0.3, -0.25) is 4.79 Å². The molecule has 3 unspecified atom stereocenters. The van der Waals surface area contributed by atoms with E-state index in [1.54, 1.807) is 19.2 Å². The molecule has 4 rings (SSSR count). The minimum absolute atomic E-state index is 0.0390. The number of methoxy groups -OCH3 is 1. The predicted octanol–water partition coefficient (Wildman–Crippen LogP) is 5.14. The number of halogens is 1. The molecule has 2 aliphatic carbocycles. The van der Waals surface area contributed by atoms with Gasteiger partial charge in [0.25, 0.3) is 0 Å². The molecule has 2 aromatic carbocycles. The van der Waals surface area contributed by atoms with Crippen LogP contribution in [0.25, 0.3) is 0 Å². The first-order valence-corrected chi connectivity index (χ1v) is 10.5. The summed E-state index contributed by atoms with van der Waals surface area (Å²) in [5.74, 6) is 1.39. The van der Waals surface area contributed by atoms with Gasteiger partial charge in [-0.2, -0.15) is 0 Å². The third-order valence-corrected chi connectivity index (χ3v) is 6.07. The lowest BCUT2D eigenvalue weighted by atomic mass is 10.1. The second kappa shape index (κ2) is 8.44. The third-order valence-electron chi connectivity index (χ3n) is 6.07. The zero-order valence-electron chi connectivity index (χ0n) is 17.0. The Morgan fingerprint density at radius 1 is 1.10 bits per heavy atom. The summed E-state index contributed by atoms with van der Waals surface area (Å²) in [5, 5.41) is 3.10. The summed E-state index contributed by atoms with van der Waals surface area (Å²) in [6.07, 6.45) is 5.69. The van der Waals surface area contributed by atoms with Crippen LogP contribution in [0, 0.1) is 11.7 Å². The molecule has 0 bridgehead atoms. The summed E-state index contributed by atoms with van der Waals surface area (Å²) in [6.45, 7) is 1.97. The van der Waals surface area contributed by atoms with Gasteiger partial charge in [0.05, 0.1) is 19.3 Å². The SMILES string of the molecule is COc1cc(C(C)NC(=O)C2CC2c2ccc(F)cc2)ccc1OC1CCCC1. The maximum absolute atomic E-state index is 13.1. The van der Waals surface area contributed by atoms with Crippen molar-refractivity contribution in [1.29, 1.82) is 0 Å². The minimum atomic E-state index is -0.252. The van der Waals surface area contributed by atoms with Gasteiger partial charge in [0.15, 0.2) is 11.5 Å². The lowest BCUT2D eigenvalue weighted by Gasteiger charge is -2.19. The van der Waals surface area contributed by atoms with E-state index in [1.807, 2.05) is 25.1 Å². The van der Waals surface area contributed by atoms with Crippen molar-refractivity contribution in [2.45, 2.75) is 57.1 Å². The van der Waals surface area contributed by atoms with Crippen molar-refractivity contribution >= 4 is 5.91 Å². The summed E-state index contributed by atoms with van der Waals surface area (Å²) in [6, 6.07) is 12.2. The predicted molar refractivity (Wildman–Crippen MR) is 110 cm³/mol. The highest BCUT2D eigenvalue weighted by molar-refractivity contribution is 5.83. The maximum atomic E-state index is 13.1. The first-order chi connectivity index (χ1) is 14.0. The average molecular weight is 397 g/mol. The number of amides is 1. The summed E-state index contributed by atoms with van der Waals surface area (Å²) >= 11 is 0. The smallest absolute Gasteiger partial charge is 0.224 e. The van der Waals surface area contributed by atoms with Crippen molar-refractivity contribution in [3.8, 4) is 11.5 Å². The van der Waals surface area contributed by atoms with Crippen molar-refractivity contribution in [3.63, 3.8) is 0 Å². The van der Waals surface area contributed by atoms with Crippen molar-refractivity contribution in [3.05, 3.63) is 59.4 Å². The number of carbonyl (C=O) groups is 1. The Morgan fingerprint density at radius 3 is 2.52 bits per heavy atom. The van der Waals surface area contributed by atoms with Gasteiger partial charge in [0, 0.05) is 5.92 Å². The van der Waals surface area contributed by atoms with Crippen LogP contribution in [-0.2, 0) is 4.79 Å². The molecule has 2 aliphatic rings. The largest absolute Gasteiger partial charge is 0.493 e. The van der Waals surface area contributed by atoms with Crippen molar-refractivity contribution in [2.24, 2.45) is 5.92 Å². The molecular weight excluding hydrogens is 369 g/mol. The first kappa shape index (κ1) is 19.7.